The highest BCUT2D eigenvalue weighted by atomic mass is 16.5. The van der Waals surface area contributed by atoms with Crippen molar-refractivity contribution in [1.29, 1.82) is 0 Å². The minimum Gasteiger partial charge on any atom is -0.465 e. The second kappa shape index (κ2) is 5.12. The van der Waals surface area contributed by atoms with Crippen LogP contribution in [-0.4, -0.2) is 18.6 Å². The van der Waals surface area contributed by atoms with Gasteiger partial charge in [0, 0.05) is 5.54 Å². The van der Waals surface area contributed by atoms with E-state index in [4.69, 9.17) is 5.73 Å². The van der Waals surface area contributed by atoms with E-state index in [9.17, 15) is 4.79 Å². The van der Waals surface area contributed by atoms with Crippen LogP contribution in [0, 0.1) is 0 Å². The lowest BCUT2D eigenvalue weighted by atomic mass is 9.96. The van der Waals surface area contributed by atoms with Gasteiger partial charge in [0.05, 0.1) is 12.7 Å². The predicted molar refractivity (Wildman–Crippen MR) is 64.4 cm³/mol. The SMILES string of the molecule is COC(=O)c1ccc(CCC(C)(C)N)cc1. The highest BCUT2D eigenvalue weighted by Gasteiger charge is 2.10. The van der Waals surface area contributed by atoms with Crippen molar-refractivity contribution in [2.45, 2.75) is 32.2 Å². The number of carbonyl (C=O) groups is 1. The molecule has 3 nitrogen and oxygen atoms in total. The number of benzene rings is 1. The molecule has 88 valence electrons. The van der Waals surface area contributed by atoms with E-state index in [1.165, 1.54) is 12.7 Å². The van der Waals surface area contributed by atoms with Crippen molar-refractivity contribution < 1.29 is 9.53 Å². The molecule has 0 fully saturated rings. The molecule has 0 aromatic heterocycles. The molecule has 0 unspecified atom stereocenters. The molecule has 0 aliphatic carbocycles. The van der Waals surface area contributed by atoms with Gasteiger partial charge >= 0.3 is 5.97 Å². The van der Waals surface area contributed by atoms with Crippen LogP contribution in [0.4, 0.5) is 0 Å². The van der Waals surface area contributed by atoms with E-state index in [-0.39, 0.29) is 11.5 Å². The molecule has 0 aliphatic rings. The fraction of sp³-hybridized carbons (Fsp3) is 0.462. The summed E-state index contributed by atoms with van der Waals surface area (Å²) in [5.74, 6) is -0.300. The number of hydrogen-bond acceptors (Lipinski definition) is 3. The van der Waals surface area contributed by atoms with Gasteiger partial charge in [0.2, 0.25) is 0 Å². The summed E-state index contributed by atoms with van der Waals surface area (Å²) >= 11 is 0. The van der Waals surface area contributed by atoms with Crippen LogP contribution in [0.15, 0.2) is 24.3 Å². The second-order valence-electron chi connectivity index (χ2n) is 4.68. The smallest absolute Gasteiger partial charge is 0.337 e. The third-order valence-corrected chi connectivity index (χ3v) is 2.43. The van der Waals surface area contributed by atoms with Crippen molar-refractivity contribution in [2.75, 3.05) is 7.11 Å². The molecule has 0 saturated carbocycles. The van der Waals surface area contributed by atoms with E-state index in [0.29, 0.717) is 5.56 Å². The zero-order valence-corrected chi connectivity index (χ0v) is 10.1. The lowest BCUT2D eigenvalue weighted by Gasteiger charge is -2.17. The Morgan fingerprint density at radius 3 is 2.31 bits per heavy atom. The minimum atomic E-state index is -0.300. The third kappa shape index (κ3) is 4.03. The van der Waals surface area contributed by atoms with E-state index in [2.05, 4.69) is 4.74 Å². The number of aryl methyl sites for hydroxylation is 1. The highest BCUT2D eigenvalue weighted by Crippen LogP contribution is 2.12. The van der Waals surface area contributed by atoms with Gasteiger partial charge < -0.3 is 10.5 Å². The summed E-state index contributed by atoms with van der Waals surface area (Å²) in [7, 11) is 1.38. The van der Waals surface area contributed by atoms with Gasteiger partial charge in [-0.1, -0.05) is 12.1 Å². The van der Waals surface area contributed by atoms with E-state index in [1.807, 2.05) is 26.0 Å². The summed E-state index contributed by atoms with van der Waals surface area (Å²) in [4.78, 5) is 11.2. The topological polar surface area (TPSA) is 52.3 Å². The Labute approximate surface area is 96.6 Å². The molecule has 1 aromatic rings. The number of nitrogens with two attached hydrogens (primary N) is 1. The summed E-state index contributed by atoms with van der Waals surface area (Å²) < 4.78 is 4.63. The maximum absolute atomic E-state index is 11.2. The Morgan fingerprint density at radius 1 is 1.31 bits per heavy atom. The number of methoxy groups -OCH3 is 1. The van der Waals surface area contributed by atoms with E-state index in [1.54, 1.807) is 12.1 Å². The first kappa shape index (κ1) is 12.7. The summed E-state index contributed by atoms with van der Waals surface area (Å²) in [5, 5.41) is 0. The molecule has 1 rings (SSSR count). The average Bonchev–Trinajstić information content (AvgIpc) is 2.25. The van der Waals surface area contributed by atoms with Crippen molar-refractivity contribution in [2.24, 2.45) is 5.73 Å². The van der Waals surface area contributed by atoms with Gasteiger partial charge in [-0.2, -0.15) is 0 Å². The van der Waals surface area contributed by atoms with Crippen LogP contribution in [0.5, 0.6) is 0 Å². The van der Waals surface area contributed by atoms with Crippen molar-refractivity contribution in [3.8, 4) is 0 Å². The van der Waals surface area contributed by atoms with Crippen LogP contribution in [0.3, 0.4) is 0 Å². The maximum Gasteiger partial charge on any atom is 0.337 e. The highest BCUT2D eigenvalue weighted by molar-refractivity contribution is 5.89. The number of carbonyl (C=O) groups excluding carboxylic acids is 1. The van der Waals surface area contributed by atoms with Crippen LogP contribution >= 0.6 is 0 Å². The van der Waals surface area contributed by atoms with Crippen LogP contribution in [0.25, 0.3) is 0 Å². The van der Waals surface area contributed by atoms with Crippen LogP contribution in [-0.2, 0) is 11.2 Å². The molecule has 0 aliphatic heterocycles. The van der Waals surface area contributed by atoms with Crippen LogP contribution < -0.4 is 5.73 Å². The summed E-state index contributed by atoms with van der Waals surface area (Å²) in [6, 6.07) is 7.45. The molecule has 0 bridgehead atoms. The average molecular weight is 221 g/mol. The second-order valence-corrected chi connectivity index (χ2v) is 4.68. The first-order valence-corrected chi connectivity index (χ1v) is 5.38. The standard InChI is InChI=1S/C13H19NO2/c1-13(2,14)9-8-10-4-6-11(7-5-10)12(15)16-3/h4-7H,8-9,14H2,1-3H3. The summed E-state index contributed by atoms with van der Waals surface area (Å²) in [6.07, 6.45) is 1.84. The largest absolute Gasteiger partial charge is 0.465 e. The van der Waals surface area contributed by atoms with Crippen molar-refractivity contribution in [3.63, 3.8) is 0 Å². The molecular formula is C13H19NO2. The van der Waals surface area contributed by atoms with Gasteiger partial charge in [-0.3, -0.25) is 0 Å². The molecule has 0 spiro atoms. The fourth-order valence-corrected chi connectivity index (χ4v) is 1.39. The normalized spacial score (nSPS) is 11.2. The molecule has 0 amide bonds. The lowest BCUT2D eigenvalue weighted by molar-refractivity contribution is 0.0600. The molecule has 3 heteroatoms. The Morgan fingerprint density at radius 2 is 1.88 bits per heavy atom. The zero-order valence-electron chi connectivity index (χ0n) is 10.1. The van der Waals surface area contributed by atoms with Crippen LogP contribution in [0.1, 0.15) is 36.2 Å². The van der Waals surface area contributed by atoms with Gasteiger partial charge in [-0.05, 0) is 44.4 Å². The molecule has 0 radical (unpaired) electrons. The van der Waals surface area contributed by atoms with Crippen molar-refractivity contribution in [3.05, 3.63) is 35.4 Å². The maximum atomic E-state index is 11.2. The minimum absolute atomic E-state index is 0.152. The van der Waals surface area contributed by atoms with Gasteiger partial charge in [0.15, 0.2) is 0 Å². The Kier molecular flexibility index (Phi) is 4.07. The Balaban J connectivity index is 2.62. The molecule has 0 heterocycles. The summed E-state index contributed by atoms with van der Waals surface area (Å²) in [6.45, 7) is 4.02. The molecule has 0 atom stereocenters. The molecule has 2 N–H and O–H groups in total. The van der Waals surface area contributed by atoms with Crippen molar-refractivity contribution >= 4 is 5.97 Å². The van der Waals surface area contributed by atoms with Gasteiger partial charge in [0.1, 0.15) is 0 Å². The molecule has 0 saturated heterocycles. The fourth-order valence-electron chi connectivity index (χ4n) is 1.39. The predicted octanol–water partition coefficient (Wildman–Crippen LogP) is 2.14. The number of ether oxygens (including phenoxy) is 1. The number of rotatable bonds is 4. The van der Waals surface area contributed by atoms with E-state index < -0.39 is 0 Å². The molecule has 1 aromatic carbocycles. The third-order valence-electron chi connectivity index (χ3n) is 2.43. The first-order valence-electron chi connectivity index (χ1n) is 5.38. The zero-order chi connectivity index (χ0) is 12.2. The first-order chi connectivity index (χ1) is 7.42. The number of hydrogen-bond donors (Lipinski definition) is 1. The van der Waals surface area contributed by atoms with Gasteiger partial charge in [-0.25, -0.2) is 4.79 Å². The number of esters is 1. The van der Waals surface area contributed by atoms with Crippen LogP contribution in [0.2, 0.25) is 0 Å². The quantitative estimate of drug-likeness (QED) is 0.792. The van der Waals surface area contributed by atoms with E-state index in [0.717, 1.165) is 12.8 Å². The lowest BCUT2D eigenvalue weighted by Crippen LogP contribution is -2.32. The molecular weight excluding hydrogens is 202 g/mol. The summed E-state index contributed by atoms with van der Waals surface area (Å²) in [5.41, 5.74) is 7.53. The monoisotopic (exact) mass is 221 g/mol. The van der Waals surface area contributed by atoms with Gasteiger partial charge in [-0.15, -0.1) is 0 Å². The Bertz CT molecular complexity index is 349. The van der Waals surface area contributed by atoms with Crippen molar-refractivity contribution in [1.82, 2.24) is 0 Å². The van der Waals surface area contributed by atoms with Gasteiger partial charge in [0.25, 0.3) is 0 Å². The molecule has 16 heavy (non-hydrogen) atoms. The Hall–Kier alpha value is -1.35. The van der Waals surface area contributed by atoms with E-state index >= 15 is 0 Å².